The molecule has 1 saturated heterocycles. The van der Waals surface area contributed by atoms with E-state index in [1.807, 2.05) is 0 Å². The number of thioether (sulfide) groups is 1. The number of carbonyl (C=O) groups is 2. The molecule has 0 saturated carbocycles. The second-order valence-electron chi connectivity index (χ2n) is 3.95. The third-order valence-corrected chi connectivity index (χ3v) is 3.68. The van der Waals surface area contributed by atoms with Crippen molar-refractivity contribution in [2.24, 2.45) is 0 Å². The van der Waals surface area contributed by atoms with Gasteiger partial charge in [-0.15, -0.1) is 11.8 Å². The van der Waals surface area contributed by atoms with E-state index in [0.29, 0.717) is 5.75 Å². The van der Waals surface area contributed by atoms with Crippen molar-refractivity contribution in [3.8, 4) is 0 Å². The molecule has 1 aromatic rings. The summed E-state index contributed by atoms with van der Waals surface area (Å²) in [6.07, 6.45) is 0. The van der Waals surface area contributed by atoms with Crippen LogP contribution in [0.1, 0.15) is 0 Å². The third kappa shape index (κ3) is 2.87. The fraction of sp³-hybridized carbons (Fsp3) is 0.400. The number of hydrogen-bond donors (Lipinski definition) is 2. The number of aromatic nitrogens is 2. The van der Waals surface area contributed by atoms with Gasteiger partial charge in [-0.3, -0.25) is 19.5 Å². The molecule has 102 valence electrons. The van der Waals surface area contributed by atoms with Crippen molar-refractivity contribution in [1.29, 1.82) is 0 Å². The second kappa shape index (κ2) is 5.31. The molecule has 1 aliphatic heterocycles. The predicted octanol–water partition coefficient (Wildman–Crippen LogP) is -1.48. The van der Waals surface area contributed by atoms with Gasteiger partial charge < -0.3 is 10.0 Å². The van der Waals surface area contributed by atoms with Gasteiger partial charge in [-0.05, 0) is 0 Å². The minimum atomic E-state index is -1.08. The molecule has 0 radical (unpaired) electrons. The summed E-state index contributed by atoms with van der Waals surface area (Å²) in [5, 5.41) is 11.2. The van der Waals surface area contributed by atoms with Crippen LogP contribution in [0.4, 0.5) is 0 Å². The largest absolute Gasteiger partial charge is 0.480 e. The minimum absolute atomic E-state index is 0.265. The normalized spacial score (nSPS) is 18.5. The van der Waals surface area contributed by atoms with Crippen molar-refractivity contribution in [2.75, 3.05) is 11.6 Å². The van der Waals surface area contributed by atoms with Crippen molar-refractivity contribution < 1.29 is 14.7 Å². The number of nitrogens with zero attached hydrogens (tertiary/aromatic N) is 2. The zero-order valence-electron chi connectivity index (χ0n) is 9.74. The molecule has 19 heavy (non-hydrogen) atoms. The molecule has 1 aromatic heterocycles. The van der Waals surface area contributed by atoms with Crippen LogP contribution in [0.2, 0.25) is 0 Å². The van der Waals surface area contributed by atoms with Crippen LogP contribution in [-0.4, -0.2) is 49.3 Å². The number of rotatable bonds is 3. The van der Waals surface area contributed by atoms with Crippen LogP contribution in [0, 0.1) is 0 Å². The Kier molecular flexibility index (Phi) is 3.74. The molecule has 0 aliphatic carbocycles. The molecule has 8 nitrogen and oxygen atoms in total. The number of aliphatic carboxylic acids is 1. The SMILES string of the molecule is O=C(O)[C@@H]1CSCN1C(=O)Cn1[nH]c(=O)ccc1=O. The van der Waals surface area contributed by atoms with Crippen molar-refractivity contribution in [2.45, 2.75) is 12.6 Å². The summed E-state index contributed by atoms with van der Waals surface area (Å²) in [5.74, 6) is -1.00. The molecule has 1 aliphatic rings. The van der Waals surface area contributed by atoms with Crippen LogP contribution in [0.3, 0.4) is 0 Å². The van der Waals surface area contributed by atoms with Crippen LogP contribution >= 0.6 is 11.8 Å². The molecule has 0 unspecified atom stereocenters. The number of carboxylic acid groups (broad SMARTS) is 1. The Balaban J connectivity index is 2.17. The Labute approximate surface area is 111 Å². The zero-order chi connectivity index (χ0) is 14.0. The lowest BCUT2D eigenvalue weighted by molar-refractivity contribution is -0.148. The van der Waals surface area contributed by atoms with E-state index in [4.69, 9.17) is 5.11 Å². The maximum atomic E-state index is 12.0. The van der Waals surface area contributed by atoms with E-state index >= 15 is 0 Å². The summed E-state index contributed by atoms with van der Waals surface area (Å²) in [7, 11) is 0. The van der Waals surface area contributed by atoms with Crippen molar-refractivity contribution in [3.63, 3.8) is 0 Å². The number of H-pyrrole nitrogens is 1. The quantitative estimate of drug-likeness (QED) is 0.700. The third-order valence-electron chi connectivity index (χ3n) is 2.67. The zero-order valence-corrected chi connectivity index (χ0v) is 10.6. The summed E-state index contributed by atoms with van der Waals surface area (Å²) >= 11 is 1.33. The summed E-state index contributed by atoms with van der Waals surface area (Å²) in [4.78, 5) is 46.6. The molecule has 1 amide bonds. The summed E-state index contributed by atoms with van der Waals surface area (Å²) in [6, 6.07) is 1.23. The molecule has 0 spiro atoms. The van der Waals surface area contributed by atoms with Gasteiger partial charge in [-0.1, -0.05) is 0 Å². The highest BCUT2D eigenvalue weighted by Crippen LogP contribution is 2.21. The van der Waals surface area contributed by atoms with Gasteiger partial charge in [-0.2, -0.15) is 0 Å². The highest BCUT2D eigenvalue weighted by atomic mass is 32.2. The molecule has 9 heteroatoms. The van der Waals surface area contributed by atoms with Gasteiger partial charge in [0.2, 0.25) is 5.91 Å². The first-order chi connectivity index (χ1) is 8.99. The number of amides is 1. The number of nitrogens with one attached hydrogen (secondary N) is 1. The molecule has 2 heterocycles. The van der Waals surface area contributed by atoms with Gasteiger partial charge in [-0.25, -0.2) is 9.48 Å². The van der Waals surface area contributed by atoms with Gasteiger partial charge in [0.1, 0.15) is 12.6 Å². The second-order valence-corrected chi connectivity index (χ2v) is 4.95. The van der Waals surface area contributed by atoms with E-state index < -0.39 is 29.0 Å². The highest BCUT2D eigenvalue weighted by molar-refractivity contribution is 7.99. The van der Waals surface area contributed by atoms with E-state index in [9.17, 15) is 19.2 Å². The van der Waals surface area contributed by atoms with Crippen LogP contribution in [0.15, 0.2) is 21.7 Å². The lowest BCUT2D eigenvalue weighted by atomic mass is 10.3. The molecule has 0 aromatic carbocycles. The van der Waals surface area contributed by atoms with Crippen molar-refractivity contribution in [3.05, 3.63) is 32.8 Å². The summed E-state index contributed by atoms with van der Waals surface area (Å²) < 4.78 is 0.868. The van der Waals surface area contributed by atoms with Gasteiger partial charge in [0, 0.05) is 17.9 Å². The van der Waals surface area contributed by atoms with E-state index in [1.165, 1.54) is 16.7 Å². The Morgan fingerprint density at radius 3 is 2.84 bits per heavy atom. The maximum absolute atomic E-state index is 12.0. The molecule has 2 N–H and O–H groups in total. The van der Waals surface area contributed by atoms with E-state index in [0.717, 1.165) is 16.8 Å². The lowest BCUT2D eigenvalue weighted by Gasteiger charge is -2.20. The maximum Gasteiger partial charge on any atom is 0.327 e. The monoisotopic (exact) mass is 285 g/mol. The first-order valence-corrected chi connectivity index (χ1v) is 6.54. The Hall–Kier alpha value is -2.03. The highest BCUT2D eigenvalue weighted by Gasteiger charge is 2.34. The van der Waals surface area contributed by atoms with Gasteiger partial charge in [0.25, 0.3) is 11.1 Å². The molecular weight excluding hydrogens is 274 g/mol. The Bertz CT molecular complexity index is 622. The van der Waals surface area contributed by atoms with Crippen molar-refractivity contribution in [1.82, 2.24) is 14.7 Å². The first-order valence-electron chi connectivity index (χ1n) is 5.39. The van der Waals surface area contributed by atoms with E-state index in [1.54, 1.807) is 0 Å². The molecule has 2 rings (SSSR count). The van der Waals surface area contributed by atoms with Crippen LogP contribution < -0.4 is 11.1 Å². The van der Waals surface area contributed by atoms with Crippen LogP contribution in [-0.2, 0) is 16.1 Å². The fourth-order valence-electron chi connectivity index (χ4n) is 1.70. The summed E-state index contributed by atoms with van der Waals surface area (Å²) in [5.41, 5.74) is -1.02. The number of carbonyl (C=O) groups excluding carboxylic acids is 1. The Morgan fingerprint density at radius 1 is 1.42 bits per heavy atom. The van der Waals surface area contributed by atoms with Gasteiger partial charge >= 0.3 is 5.97 Å². The van der Waals surface area contributed by atoms with E-state index in [-0.39, 0.29) is 12.4 Å². The van der Waals surface area contributed by atoms with E-state index in [2.05, 4.69) is 5.10 Å². The Morgan fingerprint density at radius 2 is 2.16 bits per heavy atom. The topological polar surface area (TPSA) is 112 Å². The minimum Gasteiger partial charge on any atom is -0.480 e. The fourth-order valence-corrected chi connectivity index (χ4v) is 2.87. The smallest absolute Gasteiger partial charge is 0.327 e. The number of hydrogen-bond acceptors (Lipinski definition) is 5. The van der Waals surface area contributed by atoms with Crippen molar-refractivity contribution >= 4 is 23.6 Å². The average molecular weight is 285 g/mol. The molecule has 1 fully saturated rings. The number of aromatic amines is 1. The first kappa shape index (κ1) is 13.4. The van der Waals surface area contributed by atoms with Gasteiger partial charge in [0.05, 0.1) is 5.88 Å². The van der Waals surface area contributed by atoms with Gasteiger partial charge in [0.15, 0.2) is 0 Å². The molecular formula is C10H11N3O5S. The molecule has 0 bridgehead atoms. The predicted molar refractivity (Wildman–Crippen MR) is 66.9 cm³/mol. The lowest BCUT2D eigenvalue weighted by Crippen LogP contribution is -2.45. The molecule has 1 atom stereocenters. The van der Waals surface area contributed by atoms with Crippen LogP contribution in [0.25, 0.3) is 0 Å². The summed E-state index contributed by atoms with van der Waals surface area (Å²) in [6.45, 7) is -0.376. The standard InChI is InChI=1S/C10H11N3O5S/c14-7-1-2-8(15)13(11-7)3-9(16)12-5-19-4-6(12)10(17)18/h1-2,6H,3-5H2,(H,11,14)(H,17,18)/t6-/m0/s1. The number of carboxylic acids is 1. The van der Waals surface area contributed by atoms with Crippen LogP contribution in [0.5, 0.6) is 0 Å². The average Bonchev–Trinajstić information content (AvgIpc) is 2.83.